The molecule has 0 aliphatic carbocycles. The van der Waals surface area contributed by atoms with Crippen molar-refractivity contribution in [1.29, 1.82) is 0 Å². The van der Waals surface area contributed by atoms with E-state index in [1.807, 2.05) is 6.92 Å². The van der Waals surface area contributed by atoms with Gasteiger partial charge in [0, 0.05) is 44.6 Å². The number of fused-ring (bicyclic) bond motifs is 1. The van der Waals surface area contributed by atoms with Crippen molar-refractivity contribution in [2.75, 3.05) is 18.6 Å². The van der Waals surface area contributed by atoms with Crippen molar-refractivity contribution in [1.82, 2.24) is 14.2 Å². The summed E-state index contributed by atoms with van der Waals surface area (Å²) in [5.41, 5.74) is 3.14. The van der Waals surface area contributed by atoms with E-state index in [1.165, 1.54) is 11.0 Å². The normalized spacial score (nSPS) is 25.2. The predicted octanol–water partition coefficient (Wildman–Crippen LogP) is 3.25. The second-order valence-electron chi connectivity index (χ2n) is 8.03. The van der Waals surface area contributed by atoms with Gasteiger partial charge in [0.05, 0.1) is 18.8 Å². The summed E-state index contributed by atoms with van der Waals surface area (Å²) in [6.45, 7) is 11.4. The Morgan fingerprint density at radius 2 is 2.26 bits per heavy atom. The van der Waals surface area contributed by atoms with E-state index in [0.717, 1.165) is 5.56 Å². The van der Waals surface area contributed by atoms with Crippen LogP contribution in [-0.2, 0) is 25.0 Å². The third kappa shape index (κ3) is 5.81. The van der Waals surface area contributed by atoms with E-state index < -0.39 is 32.7 Å². The Kier molecular flexibility index (Phi) is 7.90. The average molecular weight is 457 g/mol. The zero-order valence-corrected chi connectivity index (χ0v) is 19.7. The van der Waals surface area contributed by atoms with Gasteiger partial charge in [0.25, 0.3) is 0 Å². The van der Waals surface area contributed by atoms with Gasteiger partial charge in [-0.2, -0.15) is 4.98 Å². The summed E-state index contributed by atoms with van der Waals surface area (Å²) in [7, 11) is -1.47. The van der Waals surface area contributed by atoms with Crippen LogP contribution in [0.3, 0.4) is 0 Å². The maximum Gasteiger partial charge on any atom is 0.351 e. The minimum Gasteiger partial charge on any atom is -0.425 e. The van der Waals surface area contributed by atoms with Crippen molar-refractivity contribution >= 4 is 20.7 Å². The van der Waals surface area contributed by atoms with Crippen molar-refractivity contribution in [2.24, 2.45) is 4.99 Å². The van der Waals surface area contributed by atoms with Gasteiger partial charge in [-0.05, 0) is 41.5 Å². The SMILES string of the molecule is [2H]CC1OC(n2cc3c(nc2=O)NOCC3)C[C@H]1OP(OC=NCC)N(C(C)C)C(C)C. The van der Waals surface area contributed by atoms with Gasteiger partial charge in [0.1, 0.15) is 6.23 Å². The Bertz CT molecular complexity index is 831. The van der Waals surface area contributed by atoms with E-state index in [-0.39, 0.29) is 19.0 Å². The maximum absolute atomic E-state index is 12.6. The molecule has 3 rings (SSSR count). The topological polar surface area (TPSA) is 99.4 Å². The molecule has 0 saturated carbocycles. The van der Waals surface area contributed by atoms with E-state index in [0.29, 0.717) is 31.8 Å². The number of hydrogen-bond acceptors (Lipinski definition) is 9. The Balaban J connectivity index is 1.80. The number of rotatable bonds is 9. The summed E-state index contributed by atoms with van der Waals surface area (Å²) in [4.78, 5) is 26.0. The fraction of sp³-hybridized carbons (Fsp3) is 0.750. The van der Waals surface area contributed by atoms with Crippen molar-refractivity contribution in [3.05, 3.63) is 22.2 Å². The molecule has 1 aromatic rings. The summed E-state index contributed by atoms with van der Waals surface area (Å²) in [5, 5.41) is 0. The Morgan fingerprint density at radius 1 is 1.48 bits per heavy atom. The summed E-state index contributed by atoms with van der Waals surface area (Å²) in [6.07, 6.45) is 2.83. The quantitative estimate of drug-likeness (QED) is 0.343. The molecule has 0 bridgehead atoms. The molecule has 10 nitrogen and oxygen atoms in total. The fourth-order valence-electron chi connectivity index (χ4n) is 3.62. The highest BCUT2D eigenvalue weighted by Gasteiger charge is 2.40. The lowest BCUT2D eigenvalue weighted by molar-refractivity contribution is -0.00790. The van der Waals surface area contributed by atoms with Crippen molar-refractivity contribution in [3.63, 3.8) is 0 Å². The largest absolute Gasteiger partial charge is 0.425 e. The Labute approximate surface area is 186 Å². The molecule has 31 heavy (non-hydrogen) atoms. The van der Waals surface area contributed by atoms with E-state index in [4.69, 9.17) is 20.0 Å². The second-order valence-corrected chi connectivity index (χ2v) is 9.39. The van der Waals surface area contributed by atoms with Crippen LogP contribution in [0, 0.1) is 0 Å². The number of aromatic nitrogens is 2. The number of aliphatic imine (C=N–C) groups is 1. The second kappa shape index (κ2) is 10.8. The Morgan fingerprint density at radius 3 is 2.94 bits per heavy atom. The van der Waals surface area contributed by atoms with Crippen LogP contribution in [0.4, 0.5) is 5.82 Å². The Hall–Kier alpha value is -1.58. The lowest BCUT2D eigenvalue weighted by atomic mass is 10.2. The van der Waals surface area contributed by atoms with Crippen LogP contribution in [-0.4, -0.2) is 58.1 Å². The molecular formula is C20H34N5O5P. The monoisotopic (exact) mass is 456 g/mol. The standard InChI is InChI=1S/C20H34N5O5P/c1-7-21-12-28-31(25(13(2)3)14(4)5)30-17-10-18(29-15(17)6)24-11-16-8-9-27-23-19(16)22-20(24)26/h11-15,17-18H,7-10H2,1-6H3,(H,22,23,26)/t15?,17-,18?,31?/m1/s1/i6D. The van der Waals surface area contributed by atoms with E-state index in [1.54, 1.807) is 6.20 Å². The molecule has 2 aliphatic heterocycles. The van der Waals surface area contributed by atoms with Gasteiger partial charge < -0.3 is 13.8 Å². The molecule has 2 aliphatic rings. The molecule has 1 aromatic heterocycles. The average Bonchev–Trinajstić information content (AvgIpc) is 3.15. The molecule has 0 radical (unpaired) electrons. The van der Waals surface area contributed by atoms with Crippen LogP contribution in [0.2, 0.25) is 0 Å². The third-order valence-corrected chi connectivity index (χ3v) is 7.05. The summed E-state index contributed by atoms with van der Waals surface area (Å²) < 4.78 is 30.0. The van der Waals surface area contributed by atoms with Crippen molar-refractivity contribution < 1.29 is 20.0 Å². The zero-order valence-electron chi connectivity index (χ0n) is 19.9. The number of anilines is 1. The van der Waals surface area contributed by atoms with Crippen LogP contribution in [0.15, 0.2) is 16.0 Å². The van der Waals surface area contributed by atoms with Crippen molar-refractivity contribution in [2.45, 2.75) is 84.9 Å². The molecular weight excluding hydrogens is 421 g/mol. The van der Waals surface area contributed by atoms with Crippen LogP contribution in [0.1, 0.15) is 61.1 Å². The fourth-order valence-corrected chi connectivity index (χ4v) is 5.25. The maximum atomic E-state index is 12.6. The summed E-state index contributed by atoms with van der Waals surface area (Å²) >= 11 is 0. The molecule has 11 heteroatoms. The first-order valence-corrected chi connectivity index (χ1v) is 11.8. The summed E-state index contributed by atoms with van der Waals surface area (Å²) in [6, 6.07) is 0.372. The molecule has 174 valence electrons. The van der Waals surface area contributed by atoms with Gasteiger partial charge in [-0.25, -0.2) is 14.9 Å². The van der Waals surface area contributed by atoms with Crippen LogP contribution in [0.25, 0.3) is 0 Å². The number of ether oxygens (including phenoxy) is 1. The van der Waals surface area contributed by atoms with Gasteiger partial charge in [0.15, 0.2) is 12.2 Å². The molecule has 4 atom stereocenters. The third-order valence-electron chi connectivity index (χ3n) is 5.03. The number of nitrogens with one attached hydrogen (secondary N) is 1. The zero-order chi connectivity index (χ0) is 23.3. The van der Waals surface area contributed by atoms with Gasteiger partial charge in [-0.3, -0.25) is 14.4 Å². The highest BCUT2D eigenvalue weighted by molar-refractivity contribution is 7.45. The number of hydrogen-bond donors (Lipinski definition) is 1. The molecule has 1 saturated heterocycles. The van der Waals surface area contributed by atoms with Gasteiger partial charge in [-0.15, -0.1) is 0 Å². The lowest BCUT2D eigenvalue weighted by Gasteiger charge is -2.36. The first-order valence-electron chi connectivity index (χ1n) is 11.4. The molecule has 3 heterocycles. The number of nitrogens with zero attached hydrogens (tertiary/aromatic N) is 4. The first-order chi connectivity index (χ1) is 15.3. The molecule has 1 N–H and O–H groups in total. The van der Waals surface area contributed by atoms with Crippen LogP contribution >= 0.6 is 8.53 Å². The first kappa shape index (κ1) is 22.6. The molecule has 1 fully saturated rings. The molecule has 0 spiro atoms. The predicted molar refractivity (Wildman–Crippen MR) is 120 cm³/mol. The van der Waals surface area contributed by atoms with E-state index >= 15 is 0 Å². The van der Waals surface area contributed by atoms with Crippen LogP contribution < -0.4 is 11.2 Å². The lowest BCUT2D eigenvalue weighted by Crippen LogP contribution is -2.35. The highest BCUT2D eigenvalue weighted by atomic mass is 31.2. The molecule has 3 unspecified atom stereocenters. The van der Waals surface area contributed by atoms with Crippen LogP contribution in [0.5, 0.6) is 0 Å². The smallest absolute Gasteiger partial charge is 0.351 e. The van der Waals surface area contributed by atoms with Gasteiger partial charge >= 0.3 is 14.2 Å². The van der Waals surface area contributed by atoms with Gasteiger partial charge in [-0.1, -0.05) is 0 Å². The summed E-state index contributed by atoms with van der Waals surface area (Å²) in [5.74, 6) is 0.442. The van der Waals surface area contributed by atoms with Crippen molar-refractivity contribution in [3.8, 4) is 0 Å². The molecule has 0 amide bonds. The van der Waals surface area contributed by atoms with E-state index in [2.05, 4.69) is 47.8 Å². The van der Waals surface area contributed by atoms with E-state index in [9.17, 15) is 4.79 Å². The minimum absolute atomic E-state index is 0.0132. The minimum atomic E-state index is -1.47. The molecule has 0 aromatic carbocycles. The highest BCUT2D eigenvalue weighted by Crippen LogP contribution is 2.49. The van der Waals surface area contributed by atoms with Gasteiger partial charge in [0.2, 0.25) is 0 Å².